The molecule has 0 aliphatic carbocycles. The molecule has 0 unspecified atom stereocenters. The Morgan fingerprint density at radius 1 is 1.44 bits per heavy atom. The maximum atomic E-state index is 11.3. The molecule has 0 aliphatic heterocycles. The van der Waals surface area contributed by atoms with Gasteiger partial charge in [-0.05, 0) is 24.1 Å². The number of methoxy groups -OCH3 is 1. The second-order valence-electron chi connectivity index (χ2n) is 3.79. The predicted molar refractivity (Wildman–Crippen MR) is 69.6 cm³/mol. The number of hydrogen-bond acceptors (Lipinski definition) is 4. The van der Waals surface area contributed by atoms with Crippen LogP contribution in [0, 0.1) is 0 Å². The third-order valence-corrected chi connectivity index (χ3v) is 2.53. The summed E-state index contributed by atoms with van der Waals surface area (Å²) in [7, 11) is 1.60. The van der Waals surface area contributed by atoms with E-state index in [4.69, 9.17) is 15.2 Å². The molecule has 0 aromatic heterocycles. The van der Waals surface area contributed by atoms with E-state index in [0.29, 0.717) is 13.1 Å². The Morgan fingerprint density at radius 3 is 2.83 bits per heavy atom. The largest absolute Gasteiger partial charge is 0.496 e. The van der Waals surface area contributed by atoms with Gasteiger partial charge in [-0.15, -0.1) is 0 Å². The van der Waals surface area contributed by atoms with E-state index in [0.717, 1.165) is 17.7 Å². The first kappa shape index (κ1) is 14.3. The molecule has 0 saturated carbocycles. The summed E-state index contributed by atoms with van der Waals surface area (Å²) in [5.41, 5.74) is 7.32. The quantitative estimate of drug-likeness (QED) is 0.803. The minimum absolute atomic E-state index is 0.188. The first-order valence-electron chi connectivity index (χ1n) is 5.97. The molecule has 1 aromatic rings. The molecule has 0 saturated heterocycles. The lowest BCUT2D eigenvalue weighted by atomic mass is 10.1. The zero-order valence-electron chi connectivity index (χ0n) is 10.9. The van der Waals surface area contributed by atoms with Gasteiger partial charge in [-0.2, -0.15) is 0 Å². The van der Waals surface area contributed by atoms with Gasteiger partial charge in [0.1, 0.15) is 12.4 Å². The van der Waals surface area contributed by atoms with Crippen molar-refractivity contribution in [1.82, 2.24) is 5.32 Å². The van der Waals surface area contributed by atoms with E-state index in [-0.39, 0.29) is 6.61 Å². The molecule has 1 amide bonds. The summed E-state index contributed by atoms with van der Waals surface area (Å²) in [4.78, 5) is 11.3. The van der Waals surface area contributed by atoms with E-state index in [9.17, 15) is 4.79 Å². The molecule has 0 atom stereocenters. The van der Waals surface area contributed by atoms with Crippen molar-refractivity contribution >= 4 is 6.09 Å². The van der Waals surface area contributed by atoms with Gasteiger partial charge in [0.2, 0.25) is 0 Å². The van der Waals surface area contributed by atoms with E-state index in [1.165, 1.54) is 5.56 Å². The van der Waals surface area contributed by atoms with Crippen LogP contribution in [0.5, 0.6) is 5.75 Å². The Kier molecular flexibility index (Phi) is 6.00. The lowest BCUT2D eigenvalue weighted by Crippen LogP contribution is -2.29. The summed E-state index contributed by atoms with van der Waals surface area (Å²) in [6.45, 7) is 3.06. The SMILES string of the molecule is CCc1ccc(OC)c(COC(=O)NCCN)c1. The molecule has 0 bridgehead atoms. The van der Waals surface area contributed by atoms with Gasteiger partial charge in [-0.1, -0.05) is 13.0 Å². The standard InChI is InChI=1S/C13H20N2O3/c1-3-10-4-5-12(17-2)11(8-10)9-18-13(16)15-7-6-14/h4-5,8H,3,6-7,9,14H2,1-2H3,(H,15,16). The molecule has 3 N–H and O–H groups in total. The van der Waals surface area contributed by atoms with Gasteiger partial charge in [0.25, 0.3) is 0 Å². The molecule has 1 aromatic carbocycles. The van der Waals surface area contributed by atoms with E-state index in [1.807, 2.05) is 18.2 Å². The molecule has 1 rings (SSSR count). The molecule has 0 heterocycles. The van der Waals surface area contributed by atoms with Crippen LogP contribution in [0.4, 0.5) is 4.79 Å². The van der Waals surface area contributed by atoms with Crippen LogP contribution < -0.4 is 15.8 Å². The molecule has 0 radical (unpaired) electrons. The fraction of sp³-hybridized carbons (Fsp3) is 0.462. The summed E-state index contributed by atoms with van der Waals surface area (Å²) >= 11 is 0. The average Bonchev–Trinajstić information content (AvgIpc) is 2.42. The highest BCUT2D eigenvalue weighted by Crippen LogP contribution is 2.21. The van der Waals surface area contributed by atoms with E-state index in [1.54, 1.807) is 7.11 Å². The van der Waals surface area contributed by atoms with Gasteiger partial charge in [-0.3, -0.25) is 0 Å². The summed E-state index contributed by atoms with van der Waals surface area (Å²) in [6.07, 6.45) is 0.459. The number of aryl methyl sites for hydroxylation is 1. The van der Waals surface area contributed by atoms with Crippen LogP contribution in [0.3, 0.4) is 0 Å². The monoisotopic (exact) mass is 252 g/mol. The summed E-state index contributed by atoms with van der Waals surface area (Å²) in [5, 5.41) is 2.54. The van der Waals surface area contributed by atoms with Crippen molar-refractivity contribution in [3.63, 3.8) is 0 Å². The lowest BCUT2D eigenvalue weighted by Gasteiger charge is -2.11. The van der Waals surface area contributed by atoms with Crippen LogP contribution >= 0.6 is 0 Å². The zero-order chi connectivity index (χ0) is 13.4. The molecule has 5 heteroatoms. The van der Waals surface area contributed by atoms with Crippen LogP contribution in [0.25, 0.3) is 0 Å². The maximum absolute atomic E-state index is 11.3. The highest BCUT2D eigenvalue weighted by atomic mass is 16.5. The molecule has 18 heavy (non-hydrogen) atoms. The zero-order valence-corrected chi connectivity index (χ0v) is 10.9. The van der Waals surface area contributed by atoms with Gasteiger partial charge in [0, 0.05) is 18.7 Å². The smallest absolute Gasteiger partial charge is 0.407 e. The number of alkyl carbamates (subject to hydrolysis) is 1. The average molecular weight is 252 g/mol. The second kappa shape index (κ2) is 7.55. The number of benzene rings is 1. The molecule has 0 fully saturated rings. The van der Waals surface area contributed by atoms with Gasteiger partial charge in [0.15, 0.2) is 0 Å². The Morgan fingerprint density at radius 2 is 2.22 bits per heavy atom. The predicted octanol–water partition coefficient (Wildman–Crippen LogP) is 1.44. The normalized spacial score (nSPS) is 9.94. The number of nitrogens with two attached hydrogens (primary N) is 1. The van der Waals surface area contributed by atoms with Crippen molar-refractivity contribution in [3.8, 4) is 5.75 Å². The van der Waals surface area contributed by atoms with Gasteiger partial charge in [-0.25, -0.2) is 4.79 Å². The van der Waals surface area contributed by atoms with E-state index >= 15 is 0 Å². The Balaban J connectivity index is 2.62. The minimum atomic E-state index is -0.468. The Hall–Kier alpha value is -1.75. The molecular weight excluding hydrogens is 232 g/mol. The Bertz CT molecular complexity index is 394. The molecule has 5 nitrogen and oxygen atoms in total. The van der Waals surface area contributed by atoms with E-state index < -0.39 is 6.09 Å². The maximum Gasteiger partial charge on any atom is 0.407 e. The molecular formula is C13H20N2O3. The van der Waals surface area contributed by atoms with E-state index in [2.05, 4.69) is 12.2 Å². The summed E-state index contributed by atoms with van der Waals surface area (Å²) in [6, 6.07) is 5.86. The van der Waals surface area contributed by atoms with Crippen LogP contribution in [0.2, 0.25) is 0 Å². The van der Waals surface area contributed by atoms with Crippen molar-refractivity contribution in [2.24, 2.45) is 5.73 Å². The number of carbonyl (C=O) groups is 1. The third-order valence-electron chi connectivity index (χ3n) is 2.53. The van der Waals surface area contributed by atoms with Crippen LogP contribution in [0.15, 0.2) is 18.2 Å². The fourth-order valence-corrected chi connectivity index (χ4v) is 1.53. The Labute approximate surface area is 107 Å². The second-order valence-corrected chi connectivity index (χ2v) is 3.79. The van der Waals surface area contributed by atoms with Gasteiger partial charge < -0.3 is 20.5 Å². The molecule has 0 aliphatic rings. The molecule has 0 spiro atoms. The number of hydrogen-bond donors (Lipinski definition) is 2. The minimum Gasteiger partial charge on any atom is -0.496 e. The lowest BCUT2D eigenvalue weighted by molar-refractivity contribution is 0.139. The topological polar surface area (TPSA) is 73.6 Å². The first-order valence-corrected chi connectivity index (χ1v) is 5.97. The van der Waals surface area contributed by atoms with Crippen molar-refractivity contribution in [3.05, 3.63) is 29.3 Å². The van der Waals surface area contributed by atoms with Crippen LogP contribution in [-0.2, 0) is 17.8 Å². The highest BCUT2D eigenvalue weighted by Gasteiger charge is 2.07. The summed E-state index contributed by atoms with van der Waals surface area (Å²) in [5.74, 6) is 0.721. The van der Waals surface area contributed by atoms with Crippen LogP contribution in [0.1, 0.15) is 18.1 Å². The van der Waals surface area contributed by atoms with Crippen molar-refractivity contribution < 1.29 is 14.3 Å². The number of rotatable bonds is 6. The summed E-state index contributed by atoms with van der Waals surface area (Å²) < 4.78 is 10.3. The number of ether oxygens (including phenoxy) is 2. The van der Waals surface area contributed by atoms with Gasteiger partial charge in [0.05, 0.1) is 7.11 Å². The first-order chi connectivity index (χ1) is 8.71. The third kappa shape index (κ3) is 4.25. The number of carbonyl (C=O) groups excluding carboxylic acids is 1. The number of amides is 1. The fourth-order valence-electron chi connectivity index (χ4n) is 1.53. The van der Waals surface area contributed by atoms with Crippen LogP contribution in [-0.4, -0.2) is 26.3 Å². The van der Waals surface area contributed by atoms with Gasteiger partial charge >= 0.3 is 6.09 Å². The van der Waals surface area contributed by atoms with Crippen molar-refractivity contribution in [2.75, 3.05) is 20.2 Å². The van der Waals surface area contributed by atoms with Crippen molar-refractivity contribution in [2.45, 2.75) is 20.0 Å². The number of nitrogens with one attached hydrogen (secondary N) is 1. The van der Waals surface area contributed by atoms with Crippen molar-refractivity contribution in [1.29, 1.82) is 0 Å². The highest BCUT2D eigenvalue weighted by molar-refractivity contribution is 5.67. The molecule has 100 valence electrons.